The van der Waals surface area contributed by atoms with Gasteiger partial charge in [-0.3, -0.25) is 9.59 Å². The molecule has 0 bridgehead atoms. The molecule has 1 aromatic heterocycles. The number of hydrogen-bond acceptors (Lipinski definition) is 3. The van der Waals surface area contributed by atoms with Crippen molar-refractivity contribution in [1.29, 1.82) is 0 Å². The average Bonchev–Trinajstić information content (AvgIpc) is 2.83. The number of carbonyl (C=O) groups excluding carboxylic acids is 2. The third-order valence-corrected chi connectivity index (χ3v) is 3.15. The van der Waals surface area contributed by atoms with Crippen molar-refractivity contribution in [2.24, 2.45) is 0 Å². The van der Waals surface area contributed by atoms with Gasteiger partial charge in [-0.05, 0) is 6.07 Å². The highest BCUT2D eigenvalue weighted by Crippen LogP contribution is 2.14. The van der Waals surface area contributed by atoms with Crippen LogP contribution in [0.3, 0.4) is 0 Å². The normalized spacial score (nSPS) is 19.7. The van der Waals surface area contributed by atoms with Crippen LogP contribution in [0.1, 0.15) is 10.5 Å². The number of carbonyl (C=O) groups is 2. The predicted molar refractivity (Wildman–Crippen MR) is 67.6 cm³/mol. The molecule has 7 heteroatoms. The molecule has 1 unspecified atom stereocenters. The van der Waals surface area contributed by atoms with Crippen molar-refractivity contribution in [3.8, 4) is 0 Å². The van der Waals surface area contributed by atoms with E-state index in [0.717, 1.165) is 0 Å². The van der Waals surface area contributed by atoms with E-state index < -0.39 is 6.04 Å². The summed E-state index contributed by atoms with van der Waals surface area (Å²) >= 11 is 5.78. The summed E-state index contributed by atoms with van der Waals surface area (Å²) in [5.74, 6) is -0.384. The summed E-state index contributed by atoms with van der Waals surface area (Å²) in [5, 5.41) is 6.14. The highest BCUT2D eigenvalue weighted by molar-refractivity contribution is 6.31. The van der Waals surface area contributed by atoms with Crippen LogP contribution in [0.5, 0.6) is 0 Å². The van der Waals surface area contributed by atoms with Gasteiger partial charge in [0, 0.05) is 32.9 Å². The van der Waals surface area contributed by atoms with Gasteiger partial charge >= 0.3 is 0 Å². The van der Waals surface area contributed by atoms with E-state index in [9.17, 15) is 9.59 Å². The zero-order valence-electron chi connectivity index (χ0n) is 10.00. The quantitative estimate of drug-likeness (QED) is 0.698. The molecule has 0 aromatic carbocycles. The second-order valence-electron chi connectivity index (χ2n) is 4.06. The smallest absolute Gasteiger partial charge is 0.271 e. The van der Waals surface area contributed by atoms with Gasteiger partial charge in [0.15, 0.2) is 0 Å². The summed E-state index contributed by atoms with van der Waals surface area (Å²) in [7, 11) is 1.56. The van der Waals surface area contributed by atoms with E-state index in [-0.39, 0.29) is 11.8 Å². The summed E-state index contributed by atoms with van der Waals surface area (Å²) in [5.41, 5.74) is 0.399. The maximum atomic E-state index is 12.3. The Morgan fingerprint density at radius 2 is 2.33 bits per heavy atom. The number of halogens is 1. The van der Waals surface area contributed by atoms with Crippen molar-refractivity contribution in [3.05, 3.63) is 23.0 Å². The van der Waals surface area contributed by atoms with Crippen LogP contribution in [0.15, 0.2) is 12.3 Å². The minimum atomic E-state index is -0.488. The van der Waals surface area contributed by atoms with Gasteiger partial charge in [-0.2, -0.15) is 0 Å². The lowest BCUT2D eigenvalue weighted by Gasteiger charge is -2.34. The van der Waals surface area contributed by atoms with Crippen molar-refractivity contribution in [1.82, 2.24) is 20.5 Å². The number of rotatable bonds is 2. The van der Waals surface area contributed by atoms with Crippen LogP contribution in [0.2, 0.25) is 5.02 Å². The van der Waals surface area contributed by atoms with Crippen molar-refractivity contribution in [2.75, 3.05) is 26.7 Å². The van der Waals surface area contributed by atoms with Crippen molar-refractivity contribution in [3.63, 3.8) is 0 Å². The molecule has 2 amide bonds. The second kappa shape index (κ2) is 5.41. The van der Waals surface area contributed by atoms with Gasteiger partial charge < -0.3 is 20.5 Å². The number of hydrogen-bond donors (Lipinski definition) is 3. The van der Waals surface area contributed by atoms with Crippen LogP contribution in [-0.4, -0.2) is 54.4 Å². The van der Waals surface area contributed by atoms with E-state index in [1.807, 2.05) is 0 Å². The molecule has 6 nitrogen and oxygen atoms in total. The summed E-state index contributed by atoms with van der Waals surface area (Å²) in [4.78, 5) is 28.4. The molecular formula is C11H15ClN4O2. The zero-order valence-corrected chi connectivity index (χ0v) is 10.8. The fourth-order valence-electron chi connectivity index (χ4n) is 1.99. The lowest BCUT2D eigenvalue weighted by atomic mass is 10.1. The molecule has 0 aliphatic carbocycles. The highest BCUT2D eigenvalue weighted by atomic mass is 35.5. The minimum Gasteiger partial charge on any atom is -0.357 e. The van der Waals surface area contributed by atoms with E-state index in [4.69, 9.17) is 11.6 Å². The first-order valence-electron chi connectivity index (χ1n) is 5.70. The van der Waals surface area contributed by atoms with Gasteiger partial charge in [-0.25, -0.2) is 0 Å². The zero-order chi connectivity index (χ0) is 13.1. The van der Waals surface area contributed by atoms with E-state index in [1.165, 1.54) is 0 Å². The summed E-state index contributed by atoms with van der Waals surface area (Å²) in [6.07, 6.45) is 1.55. The number of aromatic amines is 1. The van der Waals surface area contributed by atoms with Gasteiger partial charge in [0.2, 0.25) is 5.91 Å². The molecule has 1 atom stereocenters. The van der Waals surface area contributed by atoms with E-state index in [1.54, 1.807) is 24.2 Å². The maximum absolute atomic E-state index is 12.3. The molecule has 0 spiro atoms. The number of amides is 2. The molecule has 3 N–H and O–H groups in total. The van der Waals surface area contributed by atoms with Gasteiger partial charge in [-0.15, -0.1) is 0 Å². The summed E-state index contributed by atoms with van der Waals surface area (Å²) < 4.78 is 0. The molecule has 18 heavy (non-hydrogen) atoms. The van der Waals surface area contributed by atoms with Gasteiger partial charge in [-0.1, -0.05) is 11.6 Å². The van der Waals surface area contributed by atoms with E-state index in [2.05, 4.69) is 15.6 Å². The highest BCUT2D eigenvalue weighted by Gasteiger charge is 2.32. The monoisotopic (exact) mass is 270 g/mol. The molecule has 98 valence electrons. The van der Waals surface area contributed by atoms with Crippen molar-refractivity contribution >= 4 is 23.4 Å². The third-order valence-electron chi connectivity index (χ3n) is 2.93. The number of nitrogens with one attached hydrogen (secondary N) is 3. The average molecular weight is 271 g/mol. The van der Waals surface area contributed by atoms with Crippen LogP contribution in [-0.2, 0) is 4.79 Å². The number of piperazine rings is 1. The SMILES string of the molecule is CNC(=O)C1CNCCN1C(=O)c1cc(Cl)c[nH]1. The molecule has 2 heterocycles. The fourth-order valence-corrected chi connectivity index (χ4v) is 2.16. The minimum absolute atomic E-state index is 0.173. The Kier molecular flexibility index (Phi) is 3.88. The number of nitrogens with zero attached hydrogens (tertiary/aromatic N) is 1. The molecule has 0 saturated carbocycles. The molecule has 1 aliphatic rings. The predicted octanol–water partition coefficient (Wildman–Crippen LogP) is -0.172. The lowest BCUT2D eigenvalue weighted by molar-refractivity contribution is -0.125. The molecule has 1 saturated heterocycles. The Balaban J connectivity index is 2.18. The number of H-pyrrole nitrogens is 1. The summed E-state index contributed by atoms with van der Waals surface area (Å²) in [6, 6.07) is 1.07. The van der Waals surface area contributed by atoms with Crippen LogP contribution < -0.4 is 10.6 Å². The molecule has 0 radical (unpaired) electrons. The Hall–Kier alpha value is -1.53. The molecule has 2 rings (SSSR count). The maximum Gasteiger partial charge on any atom is 0.271 e. The lowest BCUT2D eigenvalue weighted by Crippen LogP contribution is -2.59. The summed E-state index contributed by atoms with van der Waals surface area (Å²) in [6.45, 7) is 1.63. The second-order valence-corrected chi connectivity index (χ2v) is 4.50. The first kappa shape index (κ1) is 12.9. The third kappa shape index (κ3) is 2.49. The van der Waals surface area contributed by atoms with Crippen LogP contribution in [0.25, 0.3) is 0 Å². The topological polar surface area (TPSA) is 77.2 Å². The van der Waals surface area contributed by atoms with Crippen molar-refractivity contribution < 1.29 is 9.59 Å². The van der Waals surface area contributed by atoms with Crippen LogP contribution in [0.4, 0.5) is 0 Å². The Bertz CT molecular complexity index is 460. The number of likely N-dealkylation sites (N-methyl/N-ethyl adjacent to an activating group) is 1. The number of aromatic nitrogens is 1. The molecule has 1 fully saturated rings. The van der Waals surface area contributed by atoms with Crippen LogP contribution >= 0.6 is 11.6 Å². The van der Waals surface area contributed by atoms with Crippen molar-refractivity contribution in [2.45, 2.75) is 6.04 Å². The Morgan fingerprint density at radius 1 is 1.56 bits per heavy atom. The first-order chi connectivity index (χ1) is 8.63. The van der Waals surface area contributed by atoms with E-state index in [0.29, 0.717) is 30.4 Å². The molecule has 1 aromatic rings. The molecule has 1 aliphatic heterocycles. The van der Waals surface area contributed by atoms with Gasteiger partial charge in [0.25, 0.3) is 5.91 Å². The Labute approximate surface area is 110 Å². The largest absolute Gasteiger partial charge is 0.357 e. The fraction of sp³-hybridized carbons (Fsp3) is 0.455. The van der Waals surface area contributed by atoms with E-state index >= 15 is 0 Å². The van der Waals surface area contributed by atoms with Gasteiger partial charge in [0.1, 0.15) is 11.7 Å². The van der Waals surface area contributed by atoms with Gasteiger partial charge in [0.05, 0.1) is 5.02 Å². The van der Waals surface area contributed by atoms with Crippen LogP contribution in [0, 0.1) is 0 Å². The first-order valence-corrected chi connectivity index (χ1v) is 6.08. The Morgan fingerprint density at radius 3 is 2.94 bits per heavy atom. The standard InChI is InChI=1S/C11H15ClN4O2/c1-13-10(17)9-6-14-2-3-16(9)11(18)8-4-7(12)5-15-8/h4-5,9,14-15H,2-3,6H2,1H3,(H,13,17). The molecular weight excluding hydrogens is 256 g/mol.